The highest BCUT2D eigenvalue weighted by molar-refractivity contribution is 6.03. The number of hydrogen-bond acceptors (Lipinski definition) is 5. The van der Waals surface area contributed by atoms with E-state index in [2.05, 4.69) is 39.7 Å². The van der Waals surface area contributed by atoms with Gasteiger partial charge >= 0.3 is 0 Å². The number of aromatic nitrogens is 2. The van der Waals surface area contributed by atoms with Gasteiger partial charge in [0.1, 0.15) is 23.1 Å². The molecule has 144 valence electrons. The molecule has 0 aliphatic heterocycles. The minimum Gasteiger partial charge on any atom is -0.497 e. The van der Waals surface area contributed by atoms with E-state index in [0.29, 0.717) is 23.0 Å². The number of carbonyl (C=O) groups excluding carboxylic acids is 1. The highest BCUT2D eigenvalue weighted by Crippen LogP contribution is 2.25. The van der Waals surface area contributed by atoms with Gasteiger partial charge in [0, 0.05) is 17.4 Å². The predicted molar refractivity (Wildman–Crippen MR) is 112 cm³/mol. The van der Waals surface area contributed by atoms with Crippen LogP contribution in [-0.2, 0) is 0 Å². The van der Waals surface area contributed by atoms with Crippen LogP contribution in [0.25, 0.3) is 0 Å². The van der Waals surface area contributed by atoms with E-state index in [1.54, 1.807) is 44.4 Å². The van der Waals surface area contributed by atoms with Crippen molar-refractivity contribution < 1.29 is 9.53 Å². The lowest BCUT2D eigenvalue weighted by atomic mass is 10.1. The summed E-state index contributed by atoms with van der Waals surface area (Å²) >= 11 is 0. The standard InChI is InChI=1S/C22H24N4O2/c1-13-10-14(2)21(15(3)11-13)26-20-12-19(23-16(4)24-20)22(27)25-17-6-8-18(28-5)9-7-17/h6-12H,1-5H3,(H,25,27)(H,23,24,26). The molecule has 1 heterocycles. The normalized spacial score (nSPS) is 10.5. The van der Waals surface area contributed by atoms with Gasteiger partial charge in [-0.15, -0.1) is 0 Å². The van der Waals surface area contributed by atoms with Crippen molar-refractivity contribution in [2.75, 3.05) is 17.7 Å². The van der Waals surface area contributed by atoms with Gasteiger partial charge in [-0.2, -0.15) is 0 Å². The largest absolute Gasteiger partial charge is 0.497 e. The van der Waals surface area contributed by atoms with Crippen molar-refractivity contribution in [1.29, 1.82) is 0 Å². The molecule has 1 aromatic heterocycles. The average Bonchev–Trinajstić information content (AvgIpc) is 2.65. The maximum absolute atomic E-state index is 12.6. The molecular weight excluding hydrogens is 352 g/mol. The van der Waals surface area contributed by atoms with Crippen LogP contribution in [0.2, 0.25) is 0 Å². The van der Waals surface area contributed by atoms with Crippen LogP contribution in [0.3, 0.4) is 0 Å². The third-order valence-electron chi connectivity index (χ3n) is 4.35. The number of rotatable bonds is 5. The van der Waals surface area contributed by atoms with Gasteiger partial charge in [0.2, 0.25) is 0 Å². The second-order valence-corrected chi connectivity index (χ2v) is 6.77. The summed E-state index contributed by atoms with van der Waals surface area (Å²) in [7, 11) is 1.60. The Hall–Kier alpha value is -3.41. The zero-order chi connectivity index (χ0) is 20.3. The number of amides is 1. The number of nitrogens with one attached hydrogen (secondary N) is 2. The van der Waals surface area contributed by atoms with Crippen LogP contribution in [0, 0.1) is 27.7 Å². The fourth-order valence-electron chi connectivity index (χ4n) is 3.12. The molecule has 0 saturated carbocycles. The third-order valence-corrected chi connectivity index (χ3v) is 4.35. The second kappa shape index (κ2) is 8.08. The van der Waals surface area contributed by atoms with Crippen LogP contribution in [0.5, 0.6) is 5.75 Å². The lowest BCUT2D eigenvalue weighted by Gasteiger charge is -2.14. The van der Waals surface area contributed by atoms with Crippen LogP contribution in [0.4, 0.5) is 17.2 Å². The van der Waals surface area contributed by atoms with Gasteiger partial charge in [0.25, 0.3) is 5.91 Å². The van der Waals surface area contributed by atoms with Crippen molar-refractivity contribution in [3.8, 4) is 5.75 Å². The van der Waals surface area contributed by atoms with Crippen LogP contribution in [-0.4, -0.2) is 23.0 Å². The molecule has 0 unspecified atom stereocenters. The van der Waals surface area contributed by atoms with E-state index in [4.69, 9.17) is 4.74 Å². The Bertz CT molecular complexity index is 991. The molecule has 2 N–H and O–H groups in total. The molecule has 0 bridgehead atoms. The highest BCUT2D eigenvalue weighted by atomic mass is 16.5. The number of benzene rings is 2. The van der Waals surface area contributed by atoms with Gasteiger partial charge in [-0.05, 0) is 63.1 Å². The first kappa shape index (κ1) is 19.4. The van der Waals surface area contributed by atoms with E-state index in [1.165, 1.54) is 5.56 Å². The molecule has 28 heavy (non-hydrogen) atoms. The molecule has 6 heteroatoms. The highest BCUT2D eigenvalue weighted by Gasteiger charge is 2.13. The van der Waals surface area contributed by atoms with Gasteiger partial charge in [-0.1, -0.05) is 17.7 Å². The smallest absolute Gasteiger partial charge is 0.274 e. The summed E-state index contributed by atoms with van der Waals surface area (Å²) in [4.78, 5) is 21.3. The Morgan fingerprint density at radius 1 is 0.929 bits per heavy atom. The van der Waals surface area contributed by atoms with Crippen LogP contribution in [0.15, 0.2) is 42.5 Å². The SMILES string of the molecule is COc1ccc(NC(=O)c2cc(Nc3c(C)cc(C)cc3C)nc(C)n2)cc1. The maximum atomic E-state index is 12.6. The van der Waals surface area contributed by atoms with Crippen LogP contribution >= 0.6 is 0 Å². The fraction of sp³-hybridized carbons (Fsp3) is 0.227. The molecule has 0 aliphatic rings. The molecule has 0 spiro atoms. The molecule has 3 rings (SSSR count). The first-order chi connectivity index (χ1) is 13.4. The number of ether oxygens (including phenoxy) is 1. The van der Waals surface area contributed by atoms with Gasteiger partial charge in [0.15, 0.2) is 0 Å². The third kappa shape index (κ3) is 4.46. The summed E-state index contributed by atoms with van der Waals surface area (Å²) < 4.78 is 5.13. The number of carbonyl (C=O) groups is 1. The molecule has 0 radical (unpaired) electrons. The molecule has 1 amide bonds. The fourth-order valence-corrected chi connectivity index (χ4v) is 3.12. The van der Waals surface area contributed by atoms with E-state index in [1.807, 2.05) is 13.8 Å². The Morgan fingerprint density at radius 2 is 1.57 bits per heavy atom. The first-order valence-electron chi connectivity index (χ1n) is 9.01. The van der Waals surface area contributed by atoms with Crippen molar-refractivity contribution in [2.45, 2.75) is 27.7 Å². The van der Waals surface area contributed by atoms with Gasteiger partial charge in [0.05, 0.1) is 7.11 Å². The molecule has 2 aromatic carbocycles. The Morgan fingerprint density at radius 3 is 2.18 bits per heavy atom. The van der Waals surface area contributed by atoms with E-state index in [-0.39, 0.29) is 5.91 Å². The second-order valence-electron chi connectivity index (χ2n) is 6.77. The summed E-state index contributed by atoms with van der Waals surface area (Å²) in [6, 6.07) is 13.0. The molecular formula is C22H24N4O2. The number of anilines is 3. The van der Waals surface area contributed by atoms with Crippen LogP contribution < -0.4 is 15.4 Å². The molecule has 0 saturated heterocycles. The van der Waals surface area contributed by atoms with Gasteiger partial charge < -0.3 is 15.4 Å². The predicted octanol–water partition coefficient (Wildman–Crippen LogP) is 4.71. The Kier molecular flexibility index (Phi) is 5.59. The van der Waals surface area contributed by atoms with Crippen molar-refractivity contribution >= 4 is 23.1 Å². The Labute approximate surface area is 165 Å². The average molecular weight is 376 g/mol. The van der Waals surface area contributed by atoms with Crippen molar-refractivity contribution in [2.24, 2.45) is 0 Å². The lowest BCUT2D eigenvalue weighted by Crippen LogP contribution is -2.15. The van der Waals surface area contributed by atoms with Crippen LogP contribution in [0.1, 0.15) is 33.0 Å². The van der Waals surface area contributed by atoms with E-state index < -0.39 is 0 Å². The monoisotopic (exact) mass is 376 g/mol. The summed E-state index contributed by atoms with van der Waals surface area (Å²) in [6.07, 6.45) is 0. The summed E-state index contributed by atoms with van der Waals surface area (Å²) in [6.45, 7) is 7.94. The quantitative estimate of drug-likeness (QED) is 0.674. The summed E-state index contributed by atoms with van der Waals surface area (Å²) in [5, 5.41) is 6.18. The number of hydrogen-bond donors (Lipinski definition) is 2. The van der Waals surface area contributed by atoms with Crippen molar-refractivity contribution in [1.82, 2.24) is 9.97 Å². The zero-order valence-electron chi connectivity index (χ0n) is 16.8. The minimum absolute atomic E-state index is 0.295. The maximum Gasteiger partial charge on any atom is 0.274 e. The first-order valence-corrected chi connectivity index (χ1v) is 9.01. The molecule has 3 aromatic rings. The van der Waals surface area contributed by atoms with Crippen molar-refractivity contribution in [3.63, 3.8) is 0 Å². The summed E-state index contributed by atoms with van der Waals surface area (Å²) in [5.74, 6) is 1.54. The van der Waals surface area contributed by atoms with Gasteiger partial charge in [-0.3, -0.25) is 4.79 Å². The zero-order valence-corrected chi connectivity index (χ0v) is 16.8. The molecule has 6 nitrogen and oxygen atoms in total. The topological polar surface area (TPSA) is 76.1 Å². The van der Waals surface area contributed by atoms with E-state index >= 15 is 0 Å². The lowest BCUT2D eigenvalue weighted by molar-refractivity contribution is 0.102. The number of aryl methyl sites for hydroxylation is 4. The molecule has 0 aliphatic carbocycles. The van der Waals surface area contributed by atoms with E-state index in [0.717, 1.165) is 22.6 Å². The van der Waals surface area contributed by atoms with E-state index in [9.17, 15) is 4.79 Å². The molecule has 0 atom stereocenters. The number of methoxy groups -OCH3 is 1. The minimum atomic E-state index is -0.295. The van der Waals surface area contributed by atoms with Crippen molar-refractivity contribution in [3.05, 3.63) is 70.7 Å². The molecule has 0 fully saturated rings. The number of nitrogens with zero attached hydrogens (tertiary/aromatic N) is 2. The van der Waals surface area contributed by atoms with Gasteiger partial charge in [-0.25, -0.2) is 9.97 Å². The Balaban J connectivity index is 1.83. The summed E-state index contributed by atoms with van der Waals surface area (Å²) in [5.41, 5.74) is 5.41.